The Kier molecular flexibility index (Phi) is 3.63. The second-order valence-electron chi connectivity index (χ2n) is 8.71. The van der Waals surface area contributed by atoms with Crippen molar-refractivity contribution in [3.8, 4) is 5.75 Å². The molecule has 1 atom stereocenters. The van der Waals surface area contributed by atoms with E-state index < -0.39 is 0 Å². The molecule has 0 saturated heterocycles. The van der Waals surface area contributed by atoms with E-state index >= 15 is 0 Å². The summed E-state index contributed by atoms with van der Waals surface area (Å²) in [7, 11) is 0. The third kappa shape index (κ3) is 2.62. The van der Waals surface area contributed by atoms with Crippen LogP contribution in [-0.2, 0) is 4.79 Å². The molecule has 0 radical (unpaired) electrons. The van der Waals surface area contributed by atoms with Crippen LogP contribution in [0.5, 0.6) is 5.75 Å². The molecule has 1 unspecified atom stereocenters. The number of anilines is 1. The predicted octanol–water partition coefficient (Wildman–Crippen LogP) is 5.85. The lowest BCUT2D eigenvalue weighted by molar-refractivity contribution is -0.118. The fourth-order valence-electron chi connectivity index (χ4n) is 4.79. The van der Waals surface area contributed by atoms with Crippen molar-refractivity contribution < 1.29 is 9.90 Å². The smallest absolute Gasteiger partial charge is 0.162 e. The number of hydrogen-bond acceptors (Lipinski definition) is 3. The maximum atomic E-state index is 13.3. The number of rotatable bonds is 1. The number of nitrogens with one attached hydrogen (secondary N) is 1. The summed E-state index contributed by atoms with van der Waals surface area (Å²) in [4.78, 5) is 13.3. The Hall–Kier alpha value is -3.07. The summed E-state index contributed by atoms with van der Waals surface area (Å²) in [6.07, 6.45) is 1.41. The molecule has 0 bridgehead atoms. The number of benzene rings is 3. The van der Waals surface area contributed by atoms with E-state index in [1.54, 1.807) is 12.1 Å². The van der Waals surface area contributed by atoms with Crippen molar-refractivity contribution in [1.82, 2.24) is 0 Å². The zero-order chi connectivity index (χ0) is 19.5. The van der Waals surface area contributed by atoms with E-state index in [-0.39, 0.29) is 23.0 Å². The number of Topliss-reactive ketones (excluding diaryl/α,β-unsaturated/α-hetero) is 1. The Bertz CT molecular complexity index is 1160. The molecule has 1 heterocycles. The van der Waals surface area contributed by atoms with Gasteiger partial charge >= 0.3 is 0 Å². The molecule has 0 saturated carbocycles. The summed E-state index contributed by atoms with van der Waals surface area (Å²) < 4.78 is 0. The van der Waals surface area contributed by atoms with Gasteiger partial charge in [-0.15, -0.1) is 0 Å². The fourth-order valence-corrected chi connectivity index (χ4v) is 4.79. The minimum absolute atomic E-state index is 0.0646. The van der Waals surface area contributed by atoms with Crippen LogP contribution in [-0.4, -0.2) is 10.9 Å². The molecule has 0 spiro atoms. The topological polar surface area (TPSA) is 49.3 Å². The Morgan fingerprint density at radius 1 is 1.00 bits per heavy atom. The van der Waals surface area contributed by atoms with Crippen molar-refractivity contribution in [2.75, 3.05) is 5.32 Å². The van der Waals surface area contributed by atoms with Crippen molar-refractivity contribution in [3.63, 3.8) is 0 Å². The van der Waals surface area contributed by atoms with Gasteiger partial charge in [0.1, 0.15) is 5.75 Å². The molecular formula is C25H23NO2. The van der Waals surface area contributed by atoms with Gasteiger partial charge in [0.25, 0.3) is 0 Å². The maximum absolute atomic E-state index is 13.3. The van der Waals surface area contributed by atoms with Crippen LogP contribution in [0.1, 0.15) is 43.9 Å². The Balaban J connectivity index is 1.81. The highest BCUT2D eigenvalue weighted by Crippen LogP contribution is 2.52. The minimum atomic E-state index is -0.237. The number of aromatic hydroxyl groups is 1. The molecular weight excluding hydrogens is 346 g/mol. The first kappa shape index (κ1) is 17.1. The van der Waals surface area contributed by atoms with Gasteiger partial charge in [0, 0.05) is 23.2 Å². The van der Waals surface area contributed by atoms with Crippen LogP contribution in [0, 0.1) is 5.41 Å². The van der Waals surface area contributed by atoms with Crippen LogP contribution >= 0.6 is 0 Å². The Morgan fingerprint density at radius 2 is 1.82 bits per heavy atom. The molecule has 1 aliphatic heterocycles. The quantitative estimate of drug-likeness (QED) is 0.565. The number of allylic oxidation sites excluding steroid dienone is 1. The van der Waals surface area contributed by atoms with Crippen molar-refractivity contribution in [2.24, 2.45) is 5.41 Å². The molecule has 3 nitrogen and oxygen atoms in total. The number of carbonyl (C=O) groups is 1. The molecule has 3 aromatic rings. The summed E-state index contributed by atoms with van der Waals surface area (Å²) >= 11 is 0. The third-order valence-electron chi connectivity index (χ3n) is 5.94. The average molecular weight is 369 g/mol. The van der Waals surface area contributed by atoms with E-state index in [4.69, 9.17) is 0 Å². The summed E-state index contributed by atoms with van der Waals surface area (Å²) in [5.74, 6) is 0.417. The van der Waals surface area contributed by atoms with Crippen molar-refractivity contribution in [2.45, 2.75) is 32.7 Å². The van der Waals surface area contributed by atoms with Crippen LogP contribution in [0.3, 0.4) is 0 Å². The lowest BCUT2D eigenvalue weighted by Crippen LogP contribution is -2.33. The summed E-state index contributed by atoms with van der Waals surface area (Å²) in [5, 5.41) is 16.0. The fraction of sp³-hybridized carbons (Fsp3) is 0.240. The number of phenolic OH excluding ortho intramolecular Hbond substituents is 1. The number of phenols is 1. The van der Waals surface area contributed by atoms with Crippen molar-refractivity contribution in [3.05, 3.63) is 77.4 Å². The number of hydrogen-bond donors (Lipinski definition) is 2. The standard InChI is InChI=1S/C25H23NO2/c1-25(2)13-19-22-18-9-4-3-6-15(18)10-11-20(22)26-24(23(19)21(28)14-25)16-7-5-8-17(27)12-16/h3-12,24,26-27H,13-14H2,1-2H3. The Morgan fingerprint density at radius 3 is 2.64 bits per heavy atom. The zero-order valence-corrected chi connectivity index (χ0v) is 16.1. The molecule has 2 N–H and O–H groups in total. The second kappa shape index (κ2) is 5.96. The maximum Gasteiger partial charge on any atom is 0.162 e. The van der Waals surface area contributed by atoms with Gasteiger partial charge in [0.2, 0.25) is 0 Å². The van der Waals surface area contributed by atoms with E-state index in [2.05, 4.69) is 49.5 Å². The van der Waals surface area contributed by atoms with Crippen molar-refractivity contribution in [1.29, 1.82) is 0 Å². The van der Waals surface area contributed by atoms with Gasteiger partial charge in [-0.2, -0.15) is 0 Å². The predicted molar refractivity (Wildman–Crippen MR) is 113 cm³/mol. The van der Waals surface area contributed by atoms with Gasteiger partial charge in [0.15, 0.2) is 5.78 Å². The van der Waals surface area contributed by atoms with Crippen LogP contribution < -0.4 is 5.32 Å². The summed E-state index contributed by atoms with van der Waals surface area (Å²) in [6, 6.07) is 19.6. The summed E-state index contributed by atoms with van der Waals surface area (Å²) in [6.45, 7) is 4.34. The lowest BCUT2D eigenvalue weighted by Gasteiger charge is -2.40. The molecule has 28 heavy (non-hydrogen) atoms. The second-order valence-corrected chi connectivity index (χ2v) is 8.71. The highest BCUT2D eigenvalue weighted by Gasteiger charge is 2.40. The van der Waals surface area contributed by atoms with Crippen LogP contribution in [0.2, 0.25) is 0 Å². The molecule has 2 aliphatic rings. The van der Waals surface area contributed by atoms with E-state index in [1.165, 1.54) is 10.8 Å². The molecule has 5 rings (SSSR count). The molecule has 3 aromatic carbocycles. The SMILES string of the molecule is CC1(C)CC(=O)C2=C(C1)c1c(ccc3ccccc13)NC2c1cccc(O)c1. The number of ketones is 1. The molecule has 1 aliphatic carbocycles. The zero-order valence-electron chi connectivity index (χ0n) is 16.1. The van der Waals surface area contributed by atoms with Gasteiger partial charge in [-0.05, 0) is 51.9 Å². The van der Waals surface area contributed by atoms with Gasteiger partial charge in [0.05, 0.1) is 6.04 Å². The molecule has 140 valence electrons. The normalized spacial score (nSPS) is 20.5. The first-order valence-corrected chi connectivity index (χ1v) is 9.77. The van der Waals surface area contributed by atoms with Gasteiger partial charge in [-0.1, -0.05) is 56.3 Å². The molecule has 0 fully saturated rings. The van der Waals surface area contributed by atoms with Gasteiger partial charge in [-0.3, -0.25) is 4.79 Å². The highest BCUT2D eigenvalue weighted by molar-refractivity contribution is 6.12. The van der Waals surface area contributed by atoms with Gasteiger partial charge in [-0.25, -0.2) is 0 Å². The molecule has 0 aromatic heterocycles. The van der Waals surface area contributed by atoms with Crippen LogP contribution in [0.25, 0.3) is 16.3 Å². The monoisotopic (exact) mass is 369 g/mol. The Labute approximate surface area is 164 Å². The van der Waals surface area contributed by atoms with E-state index in [9.17, 15) is 9.90 Å². The van der Waals surface area contributed by atoms with E-state index in [1.807, 2.05) is 18.2 Å². The average Bonchev–Trinajstić information content (AvgIpc) is 2.66. The number of fused-ring (bicyclic) bond motifs is 4. The molecule has 0 amide bonds. The first-order chi connectivity index (χ1) is 13.4. The van der Waals surface area contributed by atoms with Crippen LogP contribution in [0.4, 0.5) is 5.69 Å². The minimum Gasteiger partial charge on any atom is -0.508 e. The van der Waals surface area contributed by atoms with E-state index in [0.29, 0.717) is 6.42 Å². The van der Waals surface area contributed by atoms with Crippen LogP contribution in [0.15, 0.2) is 66.2 Å². The molecule has 3 heteroatoms. The van der Waals surface area contributed by atoms with Gasteiger partial charge < -0.3 is 10.4 Å². The van der Waals surface area contributed by atoms with E-state index in [0.717, 1.165) is 34.4 Å². The largest absolute Gasteiger partial charge is 0.508 e. The third-order valence-corrected chi connectivity index (χ3v) is 5.94. The first-order valence-electron chi connectivity index (χ1n) is 9.77. The lowest BCUT2D eigenvalue weighted by atomic mass is 9.68. The highest BCUT2D eigenvalue weighted by atomic mass is 16.3. The summed E-state index contributed by atoms with van der Waals surface area (Å²) in [5.41, 5.74) is 5.07. The van der Waals surface area contributed by atoms with Crippen molar-refractivity contribution >= 4 is 27.8 Å². The number of carbonyl (C=O) groups excluding carboxylic acids is 1.